The molecule has 39 heavy (non-hydrogen) atoms. The van der Waals surface area contributed by atoms with E-state index in [0.717, 1.165) is 16.5 Å². The first-order valence-electron chi connectivity index (χ1n) is 12.5. The number of carboxylic acids is 2. The number of aliphatic hydroxyl groups is 1. The van der Waals surface area contributed by atoms with Crippen molar-refractivity contribution in [1.82, 2.24) is 20.9 Å². The molecule has 0 radical (unpaired) electrons. The summed E-state index contributed by atoms with van der Waals surface area (Å²) < 4.78 is 0. The molecule has 3 amide bonds. The van der Waals surface area contributed by atoms with Crippen LogP contribution >= 0.6 is 0 Å². The second-order valence-electron chi connectivity index (χ2n) is 9.09. The molecule has 14 nitrogen and oxygen atoms in total. The molecule has 0 fully saturated rings. The molecule has 4 atom stereocenters. The number of nitrogens with one attached hydrogen (secondary N) is 4. The third-order valence-electron chi connectivity index (χ3n) is 6.11. The topological polar surface area (TPSA) is 250 Å². The van der Waals surface area contributed by atoms with Gasteiger partial charge < -0.3 is 47.7 Å². The lowest BCUT2D eigenvalue weighted by atomic mass is 10.0. The predicted octanol–water partition coefficient (Wildman–Crippen LogP) is -1.44. The second kappa shape index (κ2) is 15.4. The van der Waals surface area contributed by atoms with Crippen LogP contribution < -0.4 is 27.4 Å². The number of H-pyrrole nitrogens is 1. The van der Waals surface area contributed by atoms with Crippen molar-refractivity contribution in [3.05, 3.63) is 36.0 Å². The minimum atomic E-state index is -1.54. The highest BCUT2D eigenvalue weighted by Crippen LogP contribution is 2.19. The fourth-order valence-electron chi connectivity index (χ4n) is 3.93. The number of aromatic amines is 1. The third kappa shape index (κ3) is 9.67. The smallest absolute Gasteiger partial charge is 0.326 e. The molecule has 11 N–H and O–H groups in total. The number of hydrogen-bond acceptors (Lipinski definition) is 8. The molecule has 2 aromatic rings. The van der Waals surface area contributed by atoms with Gasteiger partial charge >= 0.3 is 11.9 Å². The zero-order valence-electron chi connectivity index (χ0n) is 21.4. The van der Waals surface area contributed by atoms with E-state index in [1.165, 1.54) is 0 Å². The van der Waals surface area contributed by atoms with Crippen LogP contribution in [-0.2, 0) is 30.4 Å². The van der Waals surface area contributed by atoms with Gasteiger partial charge in [0.15, 0.2) is 0 Å². The number of carboxylic acid groups (broad SMARTS) is 2. The normalized spacial score (nSPS) is 14.1. The van der Waals surface area contributed by atoms with E-state index in [-0.39, 0.29) is 12.8 Å². The Bertz CT molecular complexity index is 1150. The number of nitrogens with two attached hydrogens (primary N) is 2. The van der Waals surface area contributed by atoms with E-state index in [0.29, 0.717) is 19.4 Å². The summed E-state index contributed by atoms with van der Waals surface area (Å²) in [5.74, 6) is -5.12. The van der Waals surface area contributed by atoms with Crippen LogP contribution in [-0.4, -0.2) is 87.3 Å². The average Bonchev–Trinajstić information content (AvgIpc) is 3.31. The molecule has 0 aliphatic carbocycles. The minimum Gasteiger partial charge on any atom is -0.481 e. The summed E-state index contributed by atoms with van der Waals surface area (Å²) in [6.45, 7) is -0.511. The van der Waals surface area contributed by atoms with E-state index < -0.39 is 73.3 Å². The number of benzene rings is 1. The minimum absolute atomic E-state index is 0.171. The maximum Gasteiger partial charge on any atom is 0.326 e. The van der Waals surface area contributed by atoms with Crippen molar-refractivity contribution in [2.24, 2.45) is 11.5 Å². The van der Waals surface area contributed by atoms with Crippen LogP contribution in [0.5, 0.6) is 0 Å². The Labute approximate surface area is 224 Å². The van der Waals surface area contributed by atoms with Crippen molar-refractivity contribution in [1.29, 1.82) is 0 Å². The molecule has 2 rings (SSSR count). The van der Waals surface area contributed by atoms with Crippen LogP contribution in [0.15, 0.2) is 30.5 Å². The van der Waals surface area contributed by atoms with Gasteiger partial charge in [0.2, 0.25) is 17.7 Å². The number of aliphatic hydroxyl groups excluding tert-OH is 1. The Morgan fingerprint density at radius 1 is 0.872 bits per heavy atom. The highest BCUT2D eigenvalue weighted by molar-refractivity contribution is 5.94. The van der Waals surface area contributed by atoms with Crippen LogP contribution in [0.2, 0.25) is 0 Å². The Morgan fingerprint density at radius 3 is 2.15 bits per heavy atom. The van der Waals surface area contributed by atoms with Gasteiger partial charge in [-0.1, -0.05) is 18.2 Å². The molecule has 0 saturated carbocycles. The number of fused-ring (bicyclic) bond motifs is 1. The number of hydrogen-bond donors (Lipinski definition) is 9. The van der Waals surface area contributed by atoms with Crippen LogP contribution in [0.1, 0.15) is 37.7 Å². The Balaban J connectivity index is 2.06. The van der Waals surface area contributed by atoms with E-state index in [4.69, 9.17) is 16.6 Å². The van der Waals surface area contributed by atoms with Crippen molar-refractivity contribution in [2.75, 3.05) is 13.2 Å². The average molecular weight is 549 g/mol. The number of aromatic nitrogens is 1. The van der Waals surface area contributed by atoms with Gasteiger partial charge in [0.05, 0.1) is 12.6 Å². The molecule has 0 bridgehead atoms. The number of amides is 3. The predicted molar refractivity (Wildman–Crippen MR) is 140 cm³/mol. The summed E-state index contributed by atoms with van der Waals surface area (Å²) in [6, 6.07) is 2.34. The molecule has 0 saturated heterocycles. The lowest BCUT2D eigenvalue weighted by molar-refractivity contribution is -0.143. The highest BCUT2D eigenvalue weighted by Gasteiger charge is 2.30. The van der Waals surface area contributed by atoms with Crippen molar-refractivity contribution in [2.45, 2.75) is 62.7 Å². The molecule has 14 heteroatoms. The number of rotatable bonds is 17. The number of para-hydroxylation sites is 1. The van der Waals surface area contributed by atoms with Gasteiger partial charge in [0, 0.05) is 23.5 Å². The maximum atomic E-state index is 13.0. The monoisotopic (exact) mass is 548 g/mol. The summed E-state index contributed by atoms with van der Waals surface area (Å²) in [6.07, 6.45) is 2.25. The first kappa shape index (κ1) is 31.2. The van der Waals surface area contributed by atoms with E-state index in [1.54, 1.807) is 6.20 Å². The lowest BCUT2D eigenvalue weighted by Gasteiger charge is -2.24. The van der Waals surface area contributed by atoms with Crippen LogP contribution in [0.25, 0.3) is 10.9 Å². The largest absolute Gasteiger partial charge is 0.481 e. The molecule has 1 heterocycles. The Hall–Kier alpha value is -4.01. The van der Waals surface area contributed by atoms with Crippen molar-refractivity contribution in [3.63, 3.8) is 0 Å². The fourth-order valence-corrected chi connectivity index (χ4v) is 3.93. The number of carbonyl (C=O) groups excluding carboxylic acids is 3. The Morgan fingerprint density at radius 2 is 1.51 bits per heavy atom. The molecular weight excluding hydrogens is 512 g/mol. The molecule has 214 valence electrons. The standard InChI is InChI=1S/C25H36N6O8/c26-10-4-3-7-18(29-22(35)16(27)11-14-12-28-17-6-2-1-5-15(14)17)23(36)31-20(13-32)24(37)30-19(25(38)39)8-9-21(33)34/h1-2,5-6,12,16,18-20,28,32H,3-4,7-11,13,26-27H2,(H,29,35)(H,30,37)(H,31,36)(H,33,34)(H,38,39). The summed E-state index contributed by atoms with van der Waals surface area (Å²) in [5.41, 5.74) is 13.4. The summed E-state index contributed by atoms with van der Waals surface area (Å²) >= 11 is 0. The van der Waals surface area contributed by atoms with E-state index >= 15 is 0 Å². The molecule has 0 aliphatic rings. The molecule has 1 aromatic carbocycles. The molecule has 1 aromatic heterocycles. The van der Waals surface area contributed by atoms with Crippen molar-refractivity contribution < 1.29 is 39.3 Å². The quantitative estimate of drug-likeness (QED) is 0.104. The van der Waals surface area contributed by atoms with Gasteiger partial charge in [-0.05, 0) is 50.3 Å². The summed E-state index contributed by atoms with van der Waals surface area (Å²) in [4.78, 5) is 63.7. The van der Waals surface area contributed by atoms with Gasteiger partial charge in [-0.25, -0.2) is 4.79 Å². The van der Waals surface area contributed by atoms with Crippen molar-refractivity contribution in [3.8, 4) is 0 Å². The zero-order chi connectivity index (χ0) is 28.9. The summed E-state index contributed by atoms with van der Waals surface area (Å²) in [5, 5.41) is 35.6. The van der Waals surface area contributed by atoms with E-state index in [2.05, 4.69) is 20.9 Å². The zero-order valence-corrected chi connectivity index (χ0v) is 21.4. The fraction of sp³-hybridized carbons (Fsp3) is 0.480. The summed E-state index contributed by atoms with van der Waals surface area (Å²) in [7, 11) is 0. The van der Waals surface area contributed by atoms with E-state index in [9.17, 15) is 34.2 Å². The van der Waals surface area contributed by atoms with Crippen LogP contribution in [0, 0.1) is 0 Å². The number of aliphatic carboxylic acids is 2. The maximum absolute atomic E-state index is 13.0. The number of unbranched alkanes of at least 4 members (excludes halogenated alkanes) is 1. The van der Waals surface area contributed by atoms with Gasteiger partial charge in [0.25, 0.3) is 0 Å². The van der Waals surface area contributed by atoms with E-state index in [1.807, 2.05) is 24.3 Å². The third-order valence-corrected chi connectivity index (χ3v) is 6.11. The van der Waals surface area contributed by atoms with Gasteiger partial charge in [0.1, 0.15) is 18.1 Å². The first-order chi connectivity index (χ1) is 18.6. The molecular formula is C25H36N6O8. The number of carbonyl (C=O) groups is 5. The Kier molecular flexibility index (Phi) is 12.3. The van der Waals surface area contributed by atoms with Gasteiger partial charge in [-0.2, -0.15) is 0 Å². The molecule has 0 aliphatic heterocycles. The van der Waals surface area contributed by atoms with Gasteiger partial charge in [-0.3, -0.25) is 19.2 Å². The van der Waals surface area contributed by atoms with Gasteiger partial charge in [-0.15, -0.1) is 0 Å². The highest BCUT2D eigenvalue weighted by atomic mass is 16.4. The SMILES string of the molecule is NCCCCC(NC(=O)C(N)Cc1c[nH]c2ccccc12)C(=O)NC(CO)C(=O)NC(CCC(=O)O)C(=O)O. The van der Waals surface area contributed by atoms with Crippen LogP contribution in [0.3, 0.4) is 0 Å². The molecule has 0 spiro atoms. The molecule has 4 unspecified atom stereocenters. The lowest BCUT2D eigenvalue weighted by Crippen LogP contribution is -2.58. The van der Waals surface area contributed by atoms with Crippen LogP contribution in [0.4, 0.5) is 0 Å². The second-order valence-corrected chi connectivity index (χ2v) is 9.09. The first-order valence-corrected chi connectivity index (χ1v) is 12.5. The van der Waals surface area contributed by atoms with Crippen molar-refractivity contribution >= 4 is 40.6 Å².